The van der Waals surface area contributed by atoms with Gasteiger partial charge in [0.2, 0.25) is 5.95 Å². The van der Waals surface area contributed by atoms with Crippen molar-refractivity contribution < 1.29 is 9.84 Å². The maximum Gasteiger partial charge on any atom is 0.227 e. The summed E-state index contributed by atoms with van der Waals surface area (Å²) >= 11 is 6.52. The largest absolute Gasteiger partial charge is 0.389 e. The van der Waals surface area contributed by atoms with Crippen molar-refractivity contribution in [1.82, 2.24) is 24.6 Å². The smallest absolute Gasteiger partial charge is 0.227 e. The molecule has 178 valence electrons. The highest BCUT2D eigenvalue weighted by atomic mass is 35.5. The van der Waals surface area contributed by atoms with Crippen LogP contribution in [0.25, 0.3) is 16.6 Å². The number of piperazine rings is 1. The first-order valence-corrected chi connectivity index (χ1v) is 12.2. The van der Waals surface area contributed by atoms with Gasteiger partial charge in [0.05, 0.1) is 42.8 Å². The number of ether oxygens (including phenoxy) is 1. The lowest BCUT2D eigenvalue weighted by Gasteiger charge is -2.40. The van der Waals surface area contributed by atoms with Gasteiger partial charge in [-0.3, -0.25) is 4.90 Å². The van der Waals surface area contributed by atoms with Crippen LogP contribution in [0.5, 0.6) is 0 Å². The second-order valence-corrected chi connectivity index (χ2v) is 9.56. The second kappa shape index (κ2) is 8.81. The molecule has 9 nitrogen and oxygen atoms in total. The Bertz CT molecular complexity index is 1250. The monoisotopic (exact) mass is 481 g/mol. The van der Waals surface area contributed by atoms with Crippen LogP contribution >= 0.6 is 11.6 Å². The van der Waals surface area contributed by atoms with Gasteiger partial charge in [-0.05, 0) is 37.5 Å². The van der Waals surface area contributed by atoms with E-state index in [1.165, 1.54) is 11.3 Å². The average molecular weight is 482 g/mol. The Labute approximate surface area is 203 Å². The summed E-state index contributed by atoms with van der Waals surface area (Å²) in [6.07, 6.45) is 7.34. The summed E-state index contributed by atoms with van der Waals surface area (Å²) in [6, 6.07) is 4.40. The third-order valence-electron chi connectivity index (χ3n) is 7.05. The lowest BCUT2D eigenvalue weighted by molar-refractivity contribution is 0.0785. The molecule has 2 aromatic heterocycles. The lowest BCUT2D eigenvalue weighted by atomic mass is 10.1. The number of nitrogens with one attached hydrogen (secondary N) is 1. The second-order valence-electron chi connectivity index (χ2n) is 9.21. The minimum absolute atomic E-state index is 0.109. The number of aromatic nitrogens is 4. The number of fused-ring (bicyclic) bond motifs is 1. The summed E-state index contributed by atoms with van der Waals surface area (Å²) in [7, 11) is 0. The molecule has 2 N–H and O–H groups in total. The van der Waals surface area contributed by atoms with Gasteiger partial charge in [0.1, 0.15) is 0 Å². The fourth-order valence-electron chi connectivity index (χ4n) is 4.96. The maximum atomic E-state index is 10.2. The zero-order valence-electron chi connectivity index (χ0n) is 19.1. The molecule has 6 rings (SSSR count). The van der Waals surface area contributed by atoms with Crippen LogP contribution in [0.15, 0.2) is 30.6 Å². The third kappa shape index (κ3) is 3.92. The number of rotatable bonds is 5. The van der Waals surface area contributed by atoms with Crippen molar-refractivity contribution in [3.8, 4) is 0 Å². The van der Waals surface area contributed by atoms with Crippen molar-refractivity contribution in [2.75, 3.05) is 49.6 Å². The van der Waals surface area contributed by atoms with Crippen LogP contribution in [0.3, 0.4) is 0 Å². The van der Waals surface area contributed by atoms with Gasteiger partial charge >= 0.3 is 0 Å². The molecule has 2 atom stereocenters. The van der Waals surface area contributed by atoms with Crippen LogP contribution in [0.4, 0.5) is 17.3 Å². The average Bonchev–Trinajstić information content (AvgIpc) is 3.39. The molecule has 34 heavy (non-hydrogen) atoms. The fraction of sp³-hybridized carbons (Fsp3) is 0.458. The van der Waals surface area contributed by atoms with Crippen molar-refractivity contribution in [2.45, 2.75) is 31.9 Å². The number of hydrogen-bond donors (Lipinski definition) is 2. The zero-order valence-corrected chi connectivity index (χ0v) is 19.9. The van der Waals surface area contributed by atoms with Gasteiger partial charge in [-0.1, -0.05) is 17.7 Å². The normalized spacial score (nSPS) is 23.3. The van der Waals surface area contributed by atoms with E-state index in [9.17, 15) is 5.11 Å². The highest BCUT2D eigenvalue weighted by molar-refractivity contribution is 6.32. The van der Waals surface area contributed by atoms with E-state index in [0.29, 0.717) is 30.0 Å². The molecular formula is C24H28ClN7O2. The maximum absolute atomic E-state index is 10.2. The first-order valence-electron chi connectivity index (χ1n) is 11.8. The van der Waals surface area contributed by atoms with Crippen LogP contribution in [0, 0.1) is 6.92 Å². The van der Waals surface area contributed by atoms with Gasteiger partial charge < -0.3 is 20.1 Å². The number of benzene rings is 1. The minimum atomic E-state index is -0.386. The van der Waals surface area contributed by atoms with Gasteiger partial charge in [0.25, 0.3) is 0 Å². The highest BCUT2D eigenvalue weighted by Crippen LogP contribution is 2.32. The Morgan fingerprint density at radius 2 is 1.97 bits per heavy atom. The summed E-state index contributed by atoms with van der Waals surface area (Å²) in [5, 5.41) is 19.3. The van der Waals surface area contributed by atoms with E-state index in [0.717, 1.165) is 55.6 Å². The zero-order chi connectivity index (χ0) is 23.2. The predicted octanol–water partition coefficient (Wildman–Crippen LogP) is 3.05. The van der Waals surface area contributed by atoms with Crippen LogP contribution < -0.4 is 10.2 Å². The van der Waals surface area contributed by atoms with Gasteiger partial charge in [-0.15, -0.1) is 0 Å². The molecule has 3 aromatic rings. The molecule has 2 fully saturated rings. The summed E-state index contributed by atoms with van der Waals surface area (Å²) in [5.74, 6) is 0.492. The number of hydrogen-bond acceptors (Lipinski definition) is 8. The van der Waals surface area contributed by atoms with E-state index < -0.39 is 0 Å². The Balaban J connectivity index is 1.21. The number of aryl methyl sites for hydroxylation is 1. The molecule has 2 unspecified atom stereocenters. The number of anilines is 3. The van der Waals surface area contributed by atoms with Crippen molar-refractivity contribution in [3.63, 3.8) is 0 Å². The molecule has 1 aliphatic carbocycles. The number of halogens is 1. The van der Waals surface area contributed by atoms with Crippen LogP contribution in [-0.4, -0.2) is 81.3 Å². The minimum Gasteiger partial charge on any atom is -0.389 e. The van der Waals surface area contributed by atoms with E-state index in [1.54, 1.807) is 10.9 Å². The van der Waals surface area contributed by atoms with E-state index >= 15 is 0 Å². The number of aliphatic hydroxyl groups excluding tert-OH is 1. The first-order chi connectivity index (χ1) is 16.6. The molecule has 0 radical (unpaired) electrons. The highest BCUT2D eigenvalue weighted by Gasteiger charge is 2.33. The fourth-order valence-corrected chi connectivity index (χ4v) is 5.21. The van der Waals surface area contributed by atoms with Crippen molar-refractivity contribution in [1.29, 1.82) is 0 Å². The molecule has 10 heteroatoms. The molecule has 3 aliphatic rings. The Morgan fingerprint density at radius 1 is 1.15 bits per heavy atom. The molecule has 4 heterocycles. The standard InChI is InChI=1S/C24H28ClN7O2/c1-15-9-16-11-26-24(29-19-12-27-32(23(19)25)17-3-2-4-17)28-18(16)10-20(15)30-5-7-31(8-6-30)21-13-34-14-22(21)33/h3,9-12,21-22,33H,2,4-8,13-14H2,1H3,(H,26,28,29). The first kappa shape index (κ1) is 21.8. The molecular weight excluding hydrogens is 454 g/mol. The van der Waals surface area contributed by atoms with Gasteiger partial charge in [-0.2, -0.15) is 5.10 Å². The van der Waals surface area contributed by atoms with Gasteiger partial charge in [0, 0.05) is 49.1 Å². The molecule has 2 saturated heterocycles. The summed E-state index contributed by atoms with van der Waals surface area (Å²) < 4.78 is 7.20. The Hall–Kier alpha value is -2.72. The van der Waals surface area contributed by atoms with Crippen LogP contribution in [0.1, 0.15) is 18.4 Å². The summed E-state index contributed by atoms with van der Waals surface area (Å²) in [4.78, 5) is 14.0. The van der Waals surface area contributed by atoms with Crippen LogP contribution in [-0.2, 0) is 4.74 Å². The van der Waals surface area contributed by atoms with Crippen molar-refractivity contribution in [2.24, 2.45) is 0 Å². The molecule has 0 spiro atoms. The number of nitrogens with zero attached hydrogens (tertiary/aromatic N) is 6. The summed E-state index contributed by atoms with van der Waals surface area (Å²) in [6.45, 7) is 6.78. The van der Waals surface area contributed by atoms with Crippen molar-refractivity contribution in [3.05, 3.63) is 41.3 Å². The van der Waals surface area contributed by atoms with Gasteiger partial charge in [-0.25, -0.2) is 14.6 Å². The summed E-state index contributed by atoms with van der Waals surface area (Å²) in [5.41, 5.74) is 5.07. The quantitative estimate of drug-likeness (QED) is 0.574. The SMILES string of the molecule is Cc1cc2cnc(Nc3cnn(C4=CCC4)c3Cl)nc2cc1N1CCN(C2COCC2O)CC1. The van der Waals surface area contributed by atoms with Gasteiger partial charge in [0.15, 0.2) is 5.15 Å². The third-order valence-corrected chi connectivity index (χ3v) is 7.42. The number of allylic oxidation sites excluding steroid dienone is 2. The molecule has 0 amide bonds. The van der Waals surface area contributed by atoms with E-state index in [-0.39, 0.29) is 12.1 Å². The van der Waals surface area contributed by atoms with Crippen molar-refractivity contribution >= 4 is 45.5 Å². The lowest BCUT2D eigenvalue weighted by Crippen LogP contribution is -2.53. The molecule has 0 bridgehead atoms. The Kier molecular flexibility index (Phi) is 5.65. The topological polar surface area (TPSA) is 91.6 Å². The van der Waals surface area contributed by atoms with Crippen LogP contribution in [0.2, 0.25) is 5.15 Å². The predicted molar refractivity (Wildman–Crippen MR) is 133 cm³/mol. The van der Waals surface area contributed by atoms with E-state index in [1.807, 2.05) is 6.20 Å². The van der Waals surface area contributed by atoms with E-state index in [4.69, 9.17) is 21.3 Å². The Morgan fingerprint density at radius 3 is 2.68 bits per heavy atom. The molecule has 1 aromatic carbocycles. The molecule has 0 saturated carbocycles. The number of aliphatic hydroxyl groups is 1. The molecule has 2 aliphatic heterocycles. The van der Waals surface area contributed by atoms with E-state index in [2.05, 4.69) is 50.3 Å².